The Morgan fingerprint density at radius 2 is 2.06 bits per heavy atom. The molecule has 2 aliphatic rings. The molecule has 0 unspecified atom stereocenters. The molecule has 0 radical (unpaired) electrons. The van der Waals surface area contributed by atoms with Crippen LogP contribution < -0.4 is 5.32 Å². The molecule has 0 bridgehead atoms. The number of amides is 2. The molecule has 1 aliphatic carbocycles. The van der Waals surface area contributed by atoms with Gasteiger partial charge in [-0.3, -0.25) is 4.79 Å². The predicted molar refractivity (Wildman–Crippen MR) is 62.7 cm³/mol. The maximum atomic E-state index is 12.0. The molecule has 2 rings (SSSR count). The van der Waals surface area contributed by atoms with Crippen LogP contribution >= 0.6 is 0 Å². The van der Waals surface area contributed by atoms with Gasteiger partial charge in [0.1, 0.15) is 0 Å². The first-order chi connectivity index (χ1) is 8.00. The first-order valence-electron chi connectivity index (χ1n) is 6.30. The minimum absolute atomic E-state index is 0.0623. The number of rotatable bonds is 2. The summed E-state index contributed by atoms with van der Waals surface area (Å²) in [6.45, 7) is 3.07. The van der Waals surface area contributed by atoms with Crippen LogP contribution in [0.25, 0.3) is 0 Å². The lowest BCUT2D eigenvalue weighted by Gasteiger charge is -2.41. The van der Waals surface area contributed by atoms with Gasteiger partial charge in [-0.1, -0.05) is 0 Å². The van der Waals surface area contributed by atoms with Gasteiger partial charge in [-0.05, 0) is 39.0 Å². The van der Waals surface area contributed by atoms with Gasteiger partial charge in [-0.15, -0.1) is 0 Å². The number of aliphatic carboxylic acids is 1. The van der Waals surface area contributed by atoms with Gasteiger partial charge in [-0.25, -0.2) is 4.79 Å². The molecule has 0 aromatic heterocycles. The van der Waals surface area contributed by atoms with Gasteiger partial charge in [0.05, 0.1) is 5.92 Å². The molecule has 1 aliphatic heterocycles. The zero-order valence-electron chi connectivity index (χ0n) is 10.2. The number of carboxylic acids is 1. The van der Waals surface area contributed by atoms with Gasteiger partial charge in [0.15, 0.2) is 0 Å². The summed E-state index contributed by atoms with van der Waals surface area (Å²) in [6.07, 6.45) is 4.66. The highest BCUT2D eigenvalue weighted by atomic mass is 16.4. The number of nitrogens with one attached hydrogen (secondary N) is 1. The average Bonchev–Trinajstić information content (AvgIpc) is 2.27. The molecule has 1 atom stereocenters. The van der Waals surface area contributed by atoms with Gasteiger partial charge in [0, 0.05) is 18.6 Å². The first kappa shape index (κ1) is 12.2. The minimum atomic E-state index is -0.794. The Kier molecular flexibility index (Phi) is 3.26. The third-order valence-corrected chi connectivity index (χ3v) is 3.92. The van der Waals surface area contributed by atoms with E-state index in [1.165, 1.54) is 0 Å². The third-order valence-electron chi connectivity index (χ3n) is 3.92. The lowest BCUT2D eigenvalue weighted by molar-refractivity contribution is -0.143. The minimum Gasteiger partial charge on any atom is -0.481 e. The molecule has 0 aromatic carbocycles. The number of piperidine rings is 1. The maximum absolute atomic E-state index is 12.0. The van der Waals surface area contributed by atoms with E-state index in [1.54, 1.807) is 4.90 Å². The van der Waals surface area contributed by atoms with E-state index in [4.69, 9.17) is 5.11 Å². The molecular weight excluding hydrogens is 220 g/mol. The van der Waals surface area contributed by atoms with Gasteiger partial charge in [0.25, 0.3) is 0 Å². The molecule has 0 spiro atoms. The van der Waals surface area contributed by atoms with Crippen molar-refractivity contribution >= 4 is 12.0 Å². The summed E-state index contributed by atoms with van der Waals surface area (Å²) < 4.78 is 0. The van der Waals surface area contributed by atoms with E-state index < -0.39 is 11.9 Å². The second-order valence-corrected chi connectivity index (χ2v) is 5.47. The summed E-state index contributed by atoms with van der Waals surface area (Å²) in [6, 6.07) is -0.0989. The molecule has 5 nitrogen and oxygen atoms in total. The van der Waals surface area contributed by atoms with Gasteiger partial charge in [-0.2, -0.15) is 0 Å². The number of carbonyl (C=O) groups is 2. The summed E-state index contributed by atoms with van der Waals surface area (Å²) in [4.78, 5) is 24.6. The van der Waals surface area contributed by atoms with Gasteiger partial charge < -0.3 is 15.3 Å². The van der Waals surface area contributed by atoms with Crippen molar-refractivity contribution in [2.75, 3.05) is 13.1 Å². The third kappa shape index (κ3) is 2.70. The van der Waals surface area contributed by atoms with Crippen LogP contribution in [0.2, 0.25) is 0 Å². The number of carbonyl (C=O) groups excluding carboxylic acids is 1. The van der Waals surface area contributed by atoms with Crippen LogP contribution in [0.4, 0.5) is 4.79 Å². The SMILES string of the molecule is CC1(NC(=O)N2CCC[C@H](C(=O)O)C2)CCC1. The molecule has 2 N–H and O–H groups in total. The Morgan fingerprint density at radius 1 is 1.35 bits per heavy atom. The summed E-state index contributed by atoms with van der Waals surface area (Å²) in [5, 5.41) is 12.0. The quantitative estimate of drug-likeness (QED) is 0.767. The summed E-state index contributed by atoms with van der Waals surface area (Å²) in [7, 11) is 0. The molecule has 2 fully saturated rings. The van der Waals surface area contributed by atoms with E-state index in [0.717, 1.165) is 25.7 Å². The molecule has 0 aromatic rings. The smallest absolute Gasteiger partial charge is 0.317 e. The van der Waals surface area contributed by atoms with Crippen molar-refractivity contribution in [1.29, 1.82) is 0 Å². The van der Waals surface area contributed by atoms with E-state index in [1.807, 2.05) is 6.92 Å². The van der Waals surface area contributed by atoms with E-state index >= 15 is 0 Å². The molecule has 5 heteroatoms. The van der Waals surface area contributed by atoms with Crippen LogP contribution in [0.1, 0.15) is 39.0 Å². The predicted octanol–water partition coefficient (Wildman–Crippen LogP) is 1.44. The highest BCUT2D eigenvalue weighted by Crippen LogP contribution is 2.31. The van der Waals surface area contributed by atoms with Crippen molar-refractivity contribution in [3.8, 4) is 0 Å². The van der Waals surface area contributed by atoms with Crippen LogP contribution in [-0.2, 0) is 4.79 Å². The van der Waals surface area contributed by atoms with Crippen molar-refractivity contribution in [3.05, 3.63) is 0 Å². The summed E-state index contributed by atoms with van der Waals surface area (Å²) >= 11 is 0. The highest BCUT2D eigenvalue weighted by molar-refractivity contribution is 5.77. The van der Waals surface area contributed by atoms with Crippen molar-refractivity contribution in [2.24, 2.45) is 5.92 Å². The number of urea groups is 1. The molecule has 1 saturated heterocycles. The maximum Gasteiger partial charge on any atom is 0.317 e. The zero-order chi connectivity index (χ0) is 12.5. The molecule has 1 saturated carbocycles. The van der Waals surface area contributed by atoms with Crippen LogP contribution in [0.15, 0.2) is 0 Å². The number of carboxylic acid groups (broad SMARTS) is 1. The Labute approximate surface area is 101 Å². The Bertz CT molecular complexity index is 326. The number of likely N-dealkylation sites (tertiary alicyclic amines) is 1. The molecule has 2 amide bonds. The topological polar surface area (TPSA) is 69.6 Å². The normalized spacial score (nSPS) is 27.1. The molecule has 1 heterocycles. The second-order valence-electron chi connectivity index (χ2n) is 5.47. The van der Waals surface area contributed by atoms with Crippen molar-refractivity contribution < 1.29 is 14.7 Å². The van der Waals surface area contributed by atoms with Crippen molar-refractivity contribution in [1.82, 2.24) is 10.2 Å². The average molecular weight is 240 g/mol. The fourth-order valence-corrected chi connectivity index (χ4v) is 2.53. The summed E-state index contributed by atoms with van der Waals surface area (Å²) in [5.41, 5.74) is -0.0623. The van der Waals surface area contributed by atoms with E-state index in [0.29, 0.717) is 19.5 Å². The lowest BCUT2D eigenvalue weighted by atomic mass is 9.79. The molecular formula is C12H20N2O3. The van der Waals surface area contributed by atoms with Crippen LogP contribution in [-0.4, -0.2) is 40.6 Å². The fraction of sp³-hybridized carbons (Fsp3) is 0.833. The Hall–Kier alpha value is -1.26. The Balaban J connectivity index is 1.88. The monoisotopic (exact) mass is 240 g/mol. The standard InChI is InChI=1S/C12H20N2O3/c1-12(5-3-6-12)13-11(17)14-7-2-4-9(8-14)10(15)16/h9H,2-8H2,1H3,(H,13,17)(H,15,16)/t9-/m0/s1. The second kappa shape index (κ2) is 4.55. The zero-order valence-corrected chi connectivity index (χ0v) is 10.2. The number of nitrogens with zero attached hydrogens (tertiary/aromatic N) is 1. The number of hydrogen-bond acceptors (Lipinski definition) is 2. The largest absolute Gasteiger partial charge is 0.481 e. The van der Waals surface area contributed by atoms with E-state index in [2.05, 4.69) is 5.32 Å². The lowest BCUT2D eigenvalue weighted by Crippen LogP contribution is -2.57. The summed E-state index contributed by atoms with van der Waals surface area (Å²) in [5.74, 6) is -1.19. The molecule has 96 valence electrons. The van der Waals surface area contributed by atoms with Crippen LogP contribution in [0, 0.1) is 5.92 Å². The molecule has 17 heavy (non-hydrogen) atoms. The highest BCUT2D eigenvalue weighted by Gasteiger charge is 2.36. The van der Waals surface area contributed by atoms with Crippen molar-refractivity contribution in [2.45, 2.75) is 44.6 Å². The van der Waals surface area contributed by atoms with Gasteiger partial charge >= 0.3 is 12.0 Å². The van der Waals surface area contributed by atoms with E-state index in [9.17, 15) is 9.59 Å². The first-order valence-corrected chi connectivity index (χ1v) is 6.30. The van der Waals surface area contributed by atoms with Crippen LogP contribution in [0.3, 0.4) is 0 Å². The number of hydrogen-bond donors (Lipinski definition) is 2. The van der Waals surface area contributed by atoms with Crippen molar-refractivity contribution in [3.63, 3.8) is 0 Å². The fourth-order valence-electron chi connectivity index (χ4n) is 2.53. The Morgan fingerprint density at radius 3 is 2.59 bits per heavy atom. The van der Waals surface area contributed by atoms with E-state index in [-0.39, 0.29) is 11.6 Å². The van der Waals surface area contributed by atoms with Crippen LogP contribution in [0.5, 0.6) is 0 Å². The van der Waals surface area contributed by atoms with Gasteiger partial charge in [0.2, 0.25) is 0 Å².